The van der Waals surface area contributed by atoms with Gasteiger partial charge in [-0.05, 0) is 0 Å². The Kier molecular flexibility index (Phi) is 0.717. The lowest BCUT2D eigenvalue weighted by Crippen LogP contribution is -2.03. The van der Waals surface area contributed by atoms with E-state index in [4.69, 9.17) is 10.9 Å². The smallest absolute Gasteiger partial charge is 0.244 e. The topological polar surface area (TPSA) is 81.4 Å². The van der Waals surface area contributed by atoms with E-state index in [0.717, 1.165) is 4.85 Å². The number of hydrogen-bond acceptors (Lipinski definition) is 4. The minimum absolute atomic E-state index is 0.169. The second-order valence-corrected chi connectivity index (χ2v) is 1.86. The maximum atomic E-state index is 9.00. The summed E-state index contributed by atoms with van der Waals surface area (Å²) in [6, 6.07) is 1.60. The summed E-state index contributed by atoms with van der Waals surface area (Å²) in [5.74, 6) is 0.169. The van der Waals surface area contributed by atoms with Crippen LogP contribution in [-0.2, 0) is 0 Å². The van der Waals surface area contributed by atoms with Crippen molar-refractivity contribution in [1.29, 1.82) is 0 Å². The molecule has 0 amide bonds. The van der Waals surface area contributed by atoms with Gasteiger partial charge in [0.25, 0.3) is 0 Å². The molecule has 0 atom stereocenters. The first-order chi connectivity index (χ1) is 4.79. The molecule has 52 valence electrons. The van der Waals surface area contributed by atoms with Crippen molar-refractivity contribution in [2.24, 2.45) is 0 Å². The number of fused-ring (bicyclic) bond motifs is 1. The van der Waals surface area contributed by atoms with Gasteiger partial charge in [-0.15, -0.1) is 15.0 Å². The lowest BCUT2D eigenvalue weighted by Gasteiger charge is -1.91. The van der Waals surface area contributed by atoms with Gasteiger partial charge in [-0.1, -0.05) is 0 Å². The Morgan fingerprint density at radius 1 is 1.50 bits per heavy atom. The minimum atomic E-state index is 0.169. The Morgan fingerprint density at radius 2 is 2.30 bits per heavy atom. The number of hydrogen-bond donors (Lipinski definition) is 2. The van der Waals surface area contributed by atoms with Crippen LogP contribution in [0.5, 0.6) is 0 Å². The molecule has 0 spiro atoms. The Labute approximate surface area is 55.4 Å². The van der Waals surface area contributed by atoms with Gasteiger partial charge < -0.3 is 10.9 Å². The number of rotatable bonds is 0. The molecule has 3 N–H and O–H groups in total. The van der Waals surface area contributed by atoms with E-state index in [1.807, 2.05) is 0 Å². The molecule has 2 rings (SSSR count). The first kappa shape index (κ1) is 5.10. The highest BCUT2D eigenvalue weighted by atomic mass is 16.5. The van der Waals surface area contributed by atoms with E-state index in [0.29, 0.717) is 5.65 Å². The molecule has 0 radical (unpaired) electrons. The van der Waals surface area contributed by atoms with E-state index in [9.17, 15) is 0 Å². The van der Waals surface area contributed by atoms with Gasteiger partial charge in [-0.2, -0.15) is 4.52 Å². The van der Waals surface area contributed by atoms with E-state index < -0.39 is 0 Å². The number of anilines is 1. The van der Waals surface area contributed by atoms with Crippen LogP contribution in [0.25, 0.3) is 5.65 Å². The fraction of sp³-hybridized carbons (Fsp3) is 0. The van der Waals surface area contributed by atoms with Crippen LogP contribution >= 0.6 is 0 Å². The SMILES string of the molecule is Nc1nnc2ccn(O)n12. The molecule has 0 saturated carbocycles. The largest absolute Gasteiger partial charge is 0.413 e. The maximum absolute atomic E-state index is 9.00. The van der Waals surface area contributed by atoms with E-state index in [-0.39, 0.29) is 5.95 Å². The van der Waals surface area contributed by atoms with Crippen molar-refractivity contribution in [2.75, 3.05) is 5.73 Å². The van der Waals surface area contributed by atoms with Crippen LogP contribution in [-0.4, -0.2) is 24.8 Å². The fourth-order valence-electron chi connectivity index (χ4n) is 0.818. The monoisotopic (exact) mass is 139 g/mol. The van der Waals surface area contributed by atoms with E-state index in [1.54, 1.807) is 6.07 Å². The standard InChI is InChI=1S/C4H5N5O/c5-4-7-6-3-1-2-8(10)9(3)4/h1-2,10H,(H2,5,7). The average Bonchev–Trinajstić information content (AvgIpc) is 2.40. The molecule has 6 heteroatoms. The number of nitrogen functional groups attached to an aromatic ring is 1. The van der Waals surface area contributed by atoms with E-state index in [1.165, 1.54) is 10.7 Å². The number of nitrogens with zero attached hydrogens (tertiary/aromatic N) is 4. The summed E-state index contributed by atoms with van der Waals surface area (Å²) >= 11 is 0. The van der Waals surface area contributed by atoms with E-state index >= 15 is 0 Å². The zero-order valence-corrected chi connectivity index (χ0v) is 4.97. The van der Waals surface area contributed by atoms with Crippen LogP contribution in [0.3, 0.4) is 0 Å². The summed E-state index contributed by atoms with van der Waals surface area (Å²) in [7, 11) is 0. The van der Waals surface area contributed by atoms with Crippen molar-refractivity contribution >= 4 is 11.6 Å². The molecule has 2 heterocycles. The van der Waals surface area contributed by atoms with Gasteiger partial charge >= 0.3 is 0 Å². The highest BCUT2D eigenvalue weighted by molar-refractivity contribution is 5.40. The number of nitrogens with two attached hydrogens (primary N) is 1. The summed E-state index contributed by atoms with van der Waals surface area (Å²) in [5, 5.41) is 16.2. The highest BCUT2D eigenvalue weighted by Gasteiger charge is 2.03. The van der Waals surface area contributed by atoms with Crippen molar-refractivity contribution in [1.82, 2.24) is 19.6 Å². The van der Waals surface area contributed by atoms with Crippen LogP contribution in [0.15, 0.2) is 12.3 Å². The van der Waals surface area contributed by atoms with Gasteiger partial charge in [0.2, 0.25) is 5.95 Å². The molecular formula is C4H5N5O. The second-order valence-electron chi connectivity index (χ2n) is 1.86. The predicted octanol–water partition coefficient (Wildman–Crippen LogP) is -0.650. The first-order valence-corrected chi connectivity index (χ1v) is 2.66. The summed E-state index contributed by atoms with van der Waals surface area (Å²) in [6.45, 7) is 0. The molecule has 0 bridgehead atoms. The third-order valence-corrected chi connectivity index (χ3v) is 1.25. The van der Waals surface area contributed by atoms with Crippen molar-refractivity contribution < 1.29 is 5.21 Å². The molecule has 2 aromatic rings. The maximum Gasteiger partial charge on any atom is 0.244 e. The van der Waals surface area contributed by atoms with Crippen LogP contribution in [0.4, 0.5) is 5.95 Å². The summed E-state index contributed by atoms with van der Waals surface area (Å²) in [5.41, 5.74) is 5.86. The molecule has 0 aromatic carbocycles. The highest BCUT2D eigenvalue weighted by Crippen LogP contribution is 2.02. The van der Waals surface area contributed by atoms with Crippen LogP contribution < -0.4 is 5.73 Å². The normalized spacial score (nSPS) is 10.8. The Bertz CT molecular complexity index is 329. The fourth-order valence-corrected chi connectivity index (χ4v) is 0.818. The molecule has 0 unspecified atom stereocenters. The van der Waals surface area contributed by atoms with Gasteiger partial charge in [0.15, 0.2) is 5.65 Å². The lowest BCUT2D eigenvalue weighted by atomic mass is 10.7. The Hall–Kier alpha value is -1.72. The molecule has 0 fully saturated rings. The van der Waals surface area contributed by atoms with E-state index in [2.05, 4.69) is 10.2 Å². The molecular weight excluding hydrogens is 134 g/mol. The zero-order chi connectivity index (χ0) is 7.14. The molecule has 6 nitrogen and oxygen atoms in total. The molecule has 0 aliphatic carbocycles. The average molecular weight is 139 g/mol. The van der Waals surface area contributed by atoms with Crippen LogP contribution in [0, 0.1) is 0 Å². The summed E-state index contributed by atoms with van der Waals surface area (Å²) < 4.78 is 1.28. The van der Waals surface area contributed by atoms with Gasteiger partial charge in [0, 0.05) is 6.07 Å². The van der Waals surface area contributed by atoms with Crippen molar-refractivity contribution in [3.05, 3.63) is 12.3 Å². The first-order valence-electron chi connectivity index (χ1n) is 2.66. The van der Waals surface area contributed by atoms with Gasteiger partial charge in [0.1, 0.15) is 0 Å². The molecule has 0 aliphatic heterocycles. The third kappa shape index (κ3) is 0.426. The number of aromatic nitrogens is 4. The van der Waals surface area contributed by atoms with Crippen molar-refractivity contribution in [2.45, 2.75) is 0 Å². The quantitative estimate of drug-likeness (QED) is 0.475. The van der Waals surface area contributed by atoms with Gasteiger partial charge in [-0.25, -0.2) is 0 Å². The predicted molar refractivity (Wildman–Crippen MR) is 32.6 cm³/mol. The molecule has 0 saturated heterocycles. The molecule has 0 aliphatic rings. The third-order valence-electron chi connectivity index (χ3n) is 1.25. The summed E-state index contributed by atoms with van der Waals surface area (Å²) in [6.07, 6.45) is 1.43. The van der Waals surface area contributed by atoms with Crippen LogP contribution in [0.2, 0.25) is 0 Å². The Balaban J connectivity index is 2.98. The lowest BCUT2D eigenvalue weighted by molar-refractivity contribution is 0.138. The molecule has 10 heavy (non-hydrogen) atoms. The Morgan fingerprint density at radius 3 is 3.00 bits per heavy atom. The minimum Gasteiger partial charge on any atom is -0.413 e. The van der Waals surface area contributed by atoms with Crippen molar-refractivity contribution in [3.63, 3.8) is 0 Å². The second kappa shape index (κ2) is 1.41. The van der Waals surface area contributed by atoms with Crippen molar-refractivity contribution in [3.8, 4) is 0 Å². The molecule has 2 aromatic heterocycles. The van der Waals surface area contributed by atoms with Crippen LogP contribution in [0.1, 0.15) is 0 Å². The van der Waals surface area contributed by atoms with Gasteiger partial charge in [0.05, 0.1) is 6.20 Å². The van der Waals surface area contributed by atoms with Gasteiger partial charge in [-0.3, -0.25) is 0 Å². The summed E-state index contributed by atoms with van der Waals surface area (Å²) in [4.78, 5) is 0.824. The zero-order valence-electron chi connectivity index (χ0n) is 4.97.